The van der Waals surface area contributed by atoms with E-state index in [1.807, 2.05) is 6.07 Å². The van der Waals surface area contributed by atoms with E-state index < -0.39 is 0 Å². The molecule has 1 aromatic heterocycles. The molecule has 0 atom stereocenters. The molecular weight excluding hydrogens is 313 g/mol. The van der Waals surface area contributed by atoms with Crippen LogP contribution in [-0.4, -0.2) is 17.5 Å². The molecule has 0 radical (unpaired) electrons. The summed E-state index contributed by atoms with van der Waals surface area (Å²) in [4.78, 5) is 15.9. The number of anilines is 1. The molecular formula is C14H9Cl2N3O2. The number of nitrogens with zero attached hydrogens (tertiary/aromatic N) is 2. The smallest absolute Gasteiger partial charge is 0.255 e. The number of carbonyl (C=O) groups excluding carboxylic acids is 1. The van der Waals surface area contributed by atoms with Gasteiger partial charge in [0.1, 0.15) is 22.1 Å². The second-order valence-electron chi connectivity index (χ2n) is 3.93. The van der Waals surface area contributed by atoms with E-state index in [2.05, 4.69) is 10.3 Å². The number of aromatic nitrogens is 1. The average molecular weight is 322 g/mol. The molecule has 7 heteroatoms. The maximum atomic E-state index is 12.1. The van der Waals surface area contributed by atoms with E-state index in [0.29, 0.717) is 17.0 Å². The molecule has 0 bridgehead atoms. The molecule has 0 aliphatic carbocycles. The first-order valence-electron chi connectivity index (χ1n) is 5.83. The summed E-state index contributed by atoms with van der Waals surface area (Å²) < 4.78 is 5.16. The summed E-state index contributed by atoms with van der Waals surface area (Å²) in [5.74, 6) is 0.110. The molecule has 0 spiro atoms. The molecule has 1 aromatic carbocycles. The number of halogens is 2. The fourth-order valence-corrected chi connectivity index (χ4v) is 2.04. The second kappa shape index (κ2) is 6.93. The standard InChI is InChI=1S/C14H9Cl2N3O2/c15-12-6-9(7-13(16)19-12)14(20)18-10-2-1-3-11(8-10)21-5-4-17/h1-3,6-8H,5H2,(H,18,20). The predicted octanol–water partition coefficient (Wildman–Crippen LogP) is 3.54. The Morgan fingerprint density at radius 3 is 2.67 bits per heavy atom. The van der Waals surface area contributed by atoms with Gasteiger partial charge in [-0.1, -0.05) is 29.3 Å². The van der Waals surface area contributed by atoms with E-state index in [0.717, 1.165) is 0 Å². The van der Waals surface area contributed by atoms with Gasteiger partial charge in [0, 0.05) is 17.3 Å². The molecule has 0 saturated carbocycles. The van der Waals surface area contributed by atoms with Gasteiger partial charge in [0.25, 0.3) is 5.91 Å². The van der Waals surface area contributed by atoms with Crippen LogP contribution in [0.2, 0.25) is 10.3 Å². The van der Waals surface area contributed by atoms with Crippen molar-refractivity contribution in [3.8, 4) is 11.8 Å². The minimum Gasteiger partial charge on any atom is -0.479 e. The Morgan fingerprint density at radius 2 is 2.00 bits per heavy atom. The lowest BCUT2D eigenvalue weighted by Crippen LogP contribution is -2.12. The Bertz CT molecular complexity index is 693. The van der Waals surface area contributed by atoms with Crippen molar-refractivity contribution in [3.63, 3.8) is 0 Å². The Morgan fingerprint density at radius 1 is 1.29 bits per heavy atom. The van der Waals surface area contributed by atoms with E-state index in [1.54, 1.807) is 24.3 Å². The highest BCUT2D eigenvalue weighted by atomic mass is 35.5. The number of ether oxygens (including phenoxy) is 1. The molecule has 21 heavy (non-hydrogen) atoms. The van der Waals surface area contributed by atoms with Gasteiger partial charge in [-0.05, 0) is 24.3 Å². The number of benzene rings is 1. The third-order valence-electron chi connectivity index (χ3n) is 2.42. The van der Waals surface area contributed by atoms with Crippen LogP contribution in [0.15, 0.2) is 36.4 Å². The summed E-state index contributed by atoms with van der Waals surface area (Å²) in [6, 6.07) is 11.4. The molecule has 1 N–H and O–H groups in total. The minimum absolute atomic E-state index is 0.0625. The van der Waals surface area contributed by atoms with Crippen LogP contribution < -0.4 is 10.1 Å². The second-order valence-corrected chi connectivity index (χ2v) is 4.70. The van der Waals surface area contributed by atoms with E-state index in [4.69, 9.17) is 33.2 Å². The van der Waals surface area contributed by atoms with Gasteiger partial charge in [-0.25, -0.2) is 4.98 Å². The van der Waals surface area contributed by atoms with Crippen LogP contribution in [-0.2, 0) is 0 Å². The number of nitriles is 1. The number of pyridine rings is 1. The molecule has 0 aliphatic heterocycles. The summed E-state index contributed by atoms with van der Waals surface area (Å²) in [7, 11) is 0. The lowest BCUT2D eigenvalue weighted by molar-refractivity contribution is 0.102. The van der Waals surface area contributed by atoms with Crippen molar-refractivity contribution in [2.75, 3.05) is 11.9 Å². The Balaban J connectivity index is 2.14. The van der Waals surface area contributed by atoms with Crippen LogP contribution in [0.3, 0.4) is 0 Å². The molecule has 5 nitrogen and oxygen atoms in total. The van der Waals surface area contributed by atoms with Crippen molar-refractivity contribution in [1.82, 2.24) is 4.98 Å². The van der Waals surface area contributed by atoms with Gasteiger partial charge in [-0.2, -0.15) is 5.26 Å². The first-order chi connectivity index (χ1) is 10.1. The van der Waals surface area contributed by atoms with Crippen molar-refractivity contribution in [1.29, 1.82) is 5.26 Å². The van der Waals surface area contributed by atoms with Gasteiger partial charge < -0.3 is 10.1 Å². The molecule has 1 amide bonds. The number of rotatable bonds is 4. The zero-order valence-corrected chi connectivity index (χ0v) is 12.1. The molecule has 1 heterocycles. The Kier molecular flexibility index (Phi) is 4.99. The molecule has 0 aliphatic rings. The highest BCUT2D eigenvalue weighted by Crippen LogP contribution is 2.19. The summed E-state index contributed by atoms with van der Waals surface area (Å²) in [5, 5.41) is 11.4. The normalized spacial score (nSPS) is 9.76. The van der Waals surface area contributed by atoms with E-state index in [9.17, 15) is 4.79 Å². The summed E-state index contributed by atoms with van der Waals surface area (Å²) in [6.45, 7) is -0.0625. The number of amides is 1. The third kappa shape index (κ3) is 4.35. The zero-order chi connectivity index (χ0) is 15.2. The fraction of sp³-hybridized carbons (Fsp3) is 0.0714. The van der Waals surface area contributed by atoms with Crippen LogP contribution in [0, 0.1) is 11.3 Å². The first kappa shape index (κ1) is 15.1. The van der Waals surface area contributed by atoms with Crippen LogP contribution in [0.1, 0.15) is 10.4 Å². The maximum Gasteiger partial charge on any atom is 0.255 e. The lowest BCUT2D eigenvalue weighted by Gasteiger charge is -2.08. The highest BCUT2D eigenvalue weighted by Gasteiger charge is 2.09. The van der Waals surface area contributed by atoms with Gasteiger partial charge in [0.15, 0.2) is 6.61 Å². The van der Waals surface area contributed by atoms with Crippen molar-refractivity contribution < 1.29 is 9.53 Å². The predicted molar refractivity (Wildman–Crippen MR) is 79.8 cm³/mol. The largest absolute Gasteiger partial charge is 0.479 e. The Labute approximate surface area is 131 Å². The van der Waals surface area contributed by atoms with E-state index in [-0.39, 0.29) is 22.8 Å². The monoisotopic (exact) mass is 321 g/mol. The van der Waals surface area contributed by atoms with E-state index in [1.165, 1.54) is 12.1 Å². The Hall–Kier alpha value is -2.29. The van der Waals surface area contributed by atoms with E-state index >= 15 is 0 Å². The van der Waals surface area contributed by atoms with Crippen molar-refractivity contribution >= 4 is 34.8 Å². The molecule has 0 saturated heterocycles. The summed E-state index contributed by atoms with van der Waals surface area (Å²) in [5.41, 5.74) is 0.822. The number of hydrogen-bond acceptors (Lipinski definition) is 4. The van der Waals surface area contributed by atoms with Gasteiger partial charge >= 0.3 is 0 Å². The van der Waals surface area contributed by atoms with Gasteiger partial charge in [0.05, 0.1) is 0 Å². The number of nitrogens with one attached hydrogen (secondary N) is 1. The topological polar surface area (TPSA) is 75.0 Å². The van der Waals surface area contributed by atoms with Gasteiger partial charge in [-0.15, -0.1) is 0 Å². The van der Waals surface area contributed by atoms with Crippen molar-refractivity contribution in [2.45, 2.75) is 0 Å². The first-order valence-corrected chi connectivity index (χ1v) is 6.58. The summed E-state index contributed by atoms with van der Waals surface area (Å²) in [6.07, 6.45) is 0. The number of carbonyl (C=O) groups is 1. The van der Waals surface area contributed by atoms with Crippen LogP contribution >= 0.6 is 23.2 Å². The quantitative estimate of drug-likeness (QED) is 0.874. The SMILES string of the molecule is N#CCOc1cccc(NC(=O)c2cc(Cl)nc(Cl)c2)c1. The molecule has 106 valence electrons. The minimum atomic E-state index is -0.376. The van der Waals surface area contributed by atoms with Crippen LogP contribution in [0.25, 0.3) is 0 Å². The lowest BCUT2D eigenvalue weighted by atomic mass is 10.2. The van der Waals surface area contributed by atoms with Crippen LogP contribution in [0.4, 0.5) is 5.69 Å². The average Bonchev–Trinajstić information content (AvgIpc) is 2.44. The van der Waals surface area contributed by atoms with Crippen molar-refractivity contribution in [3.05, 3.63) is 52.3 Å². The number of hydrogen-bond donors (Lipinski definition) is 1. The van der Waals surface area contributed by atoms with Crippen molar-refractivity contribution in [2.24, 2.45) is 0 Å². The fourth-order valence-electron chi connectivity index (χ4n) is 1.58. The maximum absolute atomic E-state index is 12.1. The molecule has 0 unspecified atom stereocenters. The molecule has 0 fully saturated rings. The third-order valence-corrected chi connectivity index (χ3v) is 2.81. The summed E-state index contributed by atoms with van der Waals surface area (Å²) >= 11 is 11.5. The van der Waals surface area contributed by atoms with Crippen LogP contribution in [0.5, 0.6) is 5.75 Å². The zero-order valence-electron chi connectivity index (χ0n) is 10.6. The molecule has 2 aromatic rings. The molecule has 2 rings (SSSR count). The highest BCUT2D eigenvalue weighted by molar-refractivity contribution is 6.33. The van der Waals surface area contributed by atoms with Gasteiger partial charge in [0.2, 0.25) is 0 Å². The van der Waals surface area contributed by atoms with Gasteiger partial charge in [-0.3, -0.25) is 4.79 Å².